The quantitative estimate of drug-likeness (QED) is 0.783. The van der Waals surface area contributed by atoms with E-state index in [1.165, 1.54) is 6.42 Å². The maximum absolute atomic E-state index is 12.3. The molecule has 22 heavy (non-hydrogen) atoms. The fourth-order valence-electron chi connectivity index (χ4n) is 2.74. The predicted molar refractivity (Wildman–Crippen MR) is 93.3 cm³/mol. The van der Waals surface area contributed by atoms with Crippen molar-refractivity contribution < 1.29 is 4.79 Å². The lowest BCUT2D eigenvalue weighted by atomic mass is 10.0. The van der Waals surface area contributed by atoms with Crippen LogP contribution < -0.4 is 0 Å². The average Bonchev–Trinajstić information content (AvgIpc) is 3.03. The Morgan fingerprint density at radius 1 is 1.36 bits per heavy atom. The average molecular weight is 332 g/mol. The van der Waals surface area contributed by atoms with Gasteiger partial charge in [-0.25, -0.2) is 4.98 Å². The Labute approximate surface area is 139 Å². The number of amides is 1. The van der Waals surface area contributed by atoms with Crippen LogP contribution in [0, 0.1) is 0 Å². The van der Waals surface area contributed by atoms with Crippen molar-refractivity contribution in [3.63, 3.8) is 0 Å². The van der Waals surface area contributed by atoms with Crippen LogP contribution in [0.5, 0.6) is 0 Å². The summed E-state index contributed by atoms with van der Waals surface area (Å²) in [6.07, 6.45) is 3.51. The van der Waals surface area contributed by atoms with E-state index in [2.05, 4.69) is 29.4 Å². The summed E-state index contributed by atoms with van der Waals surface area (Å²) in [5.74, 6) is 0.736. The highest BCUT2D eigenvalue weighted by molar-refractivity contribution is 8.01. The number of hydrogen-bond donors (Lipinski definition) is 0. The molecule has 3 rings (SSSR count). The third-order valence-electron chi connectivity index (χ3n) is 4.00. The molecule has 1 saturated heterocycles. The van der Waals surface area contributed by atoms with Gasteiger partial charge in [-0.2, -0.15) is 0 Å². The molecule has 116 valence electrons. The van der Waals surface area contributed by atoms with E-state index < -0.39 is 0 Å². The molecule has 1 aliphatic heterocycles. The van der Waals surface area contributed by atoms with Gasteiger partial charge in [0.2, 0.25) is 5.91 Å². The van der Waals surface area contributed by atoms with Crippen molar-refractivity contribution in [3.05, 3.63) is 35.7 Å². The van der Waals surface area contributed by atoms with Crippen LogP contribution in [0.25, 0.3) is 11.3 Å². The Hall–Kier alpha value is -1.33. The van der Waals surface area contributed by atoms with Gasteiger partial charge in [0.1, 0.15) is 0 Å². The molecule has 1 unspecified atom stereocenters. The fourth-order valence-corrected chi connectivity index (χ4v) is 4.46. The zero-order chi connectivity index (χ0) is 15.4. The number of rotatable bonds is 4. The first-order chi connectivity index (χ1) is 10.7. The first kappa shape index (κ1) is 15.6. The molecule has 5 heteroatoms. The SMILES string of the molecule is CC1CCCCN1C(=O)CSc1nc(-c2ccccc2)cs1. The number of thiazole rings is 1. The van der Waals surface area contributed by atoms with Crippen molar-refractivity contribution in [1.29, 1.82) is 0 Å². The van der Waals surface area contributed by atoms with Gasteiger partial charge in [-0.15, -0.1) is 11.3 Å². The van der Waals surface area contributed by atoms with E-state index in [4.69, 9.17) is 0 Å². The van der Waals surface area contributed by atoms with E-state index in [9.17, 15) is 4.79 Å². The van der Waals surface area contributed by atoms with E-state index in [0.29, 0.717) is 11.8 Å². The minimum absolute atomic E-state index is 0.244. The summed E-state index contributed by atoms with van der Waals surface area (Å²) in [4.78, 5) is 19.0. The molecule has 0 spiro atoms. The monoisotopic (exact) mass is 332 g/mol. The highest BCUT2D eigenvalue weighted by Gasteiger charge is 2.23. The Balaban J connectivity index is 1.58. The van der Waals surface area contributed by atoms with Crippen LogP contribution in [0.1, 0.15) is 26.2 Å². The lowest BCUT2D eigenvalue weighted by molar-refractivity contribution is -0.131. The summed E-state index contributed by atoms with van der Waals surface area (Å²) in [5, 5.41) is 2.06. The van der Waals surface area contributed by atoms with E-state index >= 15 is 0 Å². The third-order valence-corrected chi connectivity index (χ3v) is 6.00. The number of aromatic nitrogens is 1. The summed E-state index contributed by atoms with van der Waals surface area (Å²) in [7, 11) is 0. The van der Waals surface area contributed by atoms with Crippen molar-refractivity contribution >= 4 is 29.0 Å². The predicted octanol–water partition coefficient (Wildman–Crippen LogP) is 4.30. The number of carbonyl (C=O) groups is 1. The summed E-state index contributed by atoms with van der Waals surface area (Å²) in [6.45, 7) is 3.06. The molecule has 2 aromatic rings. The molecule has 0 radical (unpaired) electrons. The second kappa shape index (κ2) is 7.29. The van der Waals surface area contributed by atoms with E-state index in [1.54, 1.807) is 23.1 Å². The van der Waals surface area contributed by atoms with E-state index in [0.717, 1.165) is 35.0 Å². The lowest BCUT2D eigenvalue weighted by Crippen LogP contribution is -2.42. The maximum atomic E-state index is 12.3. The zero-order valence-corrected chi connectivity index (χ0v) is 14.3. The van der Waals surface area contributed by atoms with Crippen LogP contribution in [-0.4, -0.2) is 34.1 Å². The number of carbonyl (C=O) groups excluding carboxylic acids is 1. The van der Waals surface area contributed by atoms with Gasteiger partial charge >= 0.3 is 0 Å². The van der Waals surface area contributed by atoms with Gasteiger partial charge in [-0.05, 0) is 26.2 Å². The molecule has 1 aromatic carbocycles. The Kier molecular flexibility index (Phi) is 5.16. The molecule has 0 aliphatic carbocycles. The Bertz CT molecular complexity index is 627. The van der Waals surface area contributed by atoms with E-state index in [1.807, 2.05) is 23.1 Å². The van der Waals surface area contributed by atoms with Gasteiger partial charge in [0, 0.05) is 23.5 Å². The molecule has 1 aromatic heterocycles. The molecule has 0 N–H and O–H groups in total. The second-order valence-corrected chi connectivity index (χ2v) is 7.67. The van der Waals surface area contributed by atoms with Crippen LogP contribution in [0.2, 0.25) is 0 Å². The van der Waals surface area contributed by atoms with Crippen molar-refractivity contribution in [2.45, 2.75) is 36.6 Å². The number of thioether (sulfide) groups is 1. The summed E-state index contributed by atoms with van der Waals surface area (Å²) < 4.78 is 0.969. The Morgan fingerprint density at radius 2 is 2.18 bits per heavy atom. The highest BCUT2D eigenvalue weighted by Crippen LogP contribution is 2.28. The van der Waals surface area contributed by atoms with Crippen molar-refractivity contribution in [2.24, 2.45) is 0 Å². The molecule has 1 fully saturated rings. The molecule has 2 heterocycles. The molecule has 1 aliphatic rings. The van der Waals surface area contributed by atoms with Crippen molar-refractivity contribution in [3.8, 4) is 11.3 Å². The standard InChI is InChI=1S/C17H20N2OS2/c1-13-7-5-6-10-19(13)16(20)12-22-17-18-15(11-21-17)14-8-3-2-4-9-14/h2-4,8-9,11,13H,5-7,10,12H2,1H3. The number of benzene rings is 1. The molecular formula is C17H20N2OS2. The van der Waals surface area contributed by atoms with Crippen molar-refractivity contribution in [2.75, 3.05) is 12.3 Å². The van der Waals surface area contributed by atoms with Crippen LogP contribution in [0.3, 0.4) is 0 Å². The second-order valence-electron chi connectivity index (χ2n) is 5.59. The van der Waals surface area contributed by atoms with Crippen LogP contribution in [-0.2, 0) is 4.79 Å². The van der Waals surface area contributed by atoms with Gasteiger partial charge < -0.3 is 4.90 Å². The molecule has 1 amide bonds. The normalized spacial score (nSPS) is 18.4. The smallest absolute Gasteiger partial charge is 0.233 e. The largest absolute Gasteiger partial charge is 0.339 e. The lowest BCUT2D eigenvalue weighted by Gasteiger charge is -2.33. The van der Waals surface area contributed by atoms with Gasteiger partial charge in [0.15, 0.2) is 4.34 Å². The summed E-state index contributed by atoms with van der Waals surface area (Å²) in [6, 6.07) is 10.5. The number of hydrogen-bond acceptors (Lipinski definition) is 4. The van der Waals surface area contributed by atoms with Crippen LogP contribution in [0.15, 0.2) is 40.1 Å². The van der Waals surface area contributed by atoms with Gasteiger partial charge in [0.25, 0.3) is 0 Å². The molecule has 3 nitrogen and oxygen atoms in total. The molecule has 0 bridgehead atoms. The van der Waals surface area contributed by atoms with E-state index in [-0.39, 0.29) is 5.91 Å². The van der Waals surface area contributed by atoms with Gasteiger partial charge in [-0.1, -0.05) is 42.1 Å². The first-order valence-corrected chi connectivity index (χ1v) is 9.54. The molecule has 0 saturated carbocycles. The third kappa shape index (κ3) is 3.70. The fraction of sp³-hybridized carbons (Fsp3) is 0.412. The number of likely N-dealkylation sites (tertiary alicyclic amines) is 1. The highest BCUT2D eigenvalue weighted by atomic mass is 32.2. The van der Waals surface area contributed by atoms with Gasteiger partial charge in [-0.3, -0.25) is 4.79 Å². The minimum Gasteiger partial charge on any atom is -0.339 e. The zero-order valence-electron chi connectivity index (χ0n) is 12.7. The van der Waals surface area contributed by atoms with Gasteiger partial charge in [0.05, 0.1) is 11.4 Å². The molecular weight excluding hydrogens is 312 g/mol. The maximum Gasteiger partial charge on any atom is 0.233 e. The first-order valence-electron chi connectivity index (χ1n) is 7.67. The summed E-state index contributed by atoms with van der Waals surface area (Å²) in [5.41, 5.74) is 2.12. The van der Waals surface area contributed by atoms with Crippen LogP contribution >= 0.6 is 23.1 Å². The number of piperidine rings is 1. The minimum atomic E-state index is 0.244. The Morgan fingerprint density at radius 3 is 2.95 bits per heavy atom. The number of nitrogens with zero attached hydrogens (tertiary/aromatic N) is 2. The van der Waals surface area contributed by atoms with Crippen LogP contribution in [0.4, 0.5) is 0 Å². The topological polar surface area (TPSA) is 33.2 Å². The van der Waals surface area contributed by atoms with Crippen molar-refractivity contribution in [1.82, 2.24) is 9.88 Å². The summed E-state index contributed by atoms with van der Waals surface area (Å²) >= 11 is 3.17. The molecule has 1 atom stereocenters.